The normalized spacial score (nSPS) is 22.2. The standard InChI is InChI=1S/C15H19ClN4.ClH/c1-19-15(13(16)7-18-19)10-20-8-12(14(17)9-20)11-5-3-2-4-6-11;/h2-7,12,14H,8-10,17H2,1H3;1H/t12-,14+;/m0./s1. The number of halogens is 2. The lowest BCUT2D eigenvalue weighted by molar-refractivity contribution is 0.314. The molecule has 1 aromatic carbocycles. The zero-order chi connectivity index (χ0) is 14.1. The van der Waals surface area contributed by atoms with E-state index in [4.69, 9.17) is 17.3 Å². The van der Waals surface area contributed by atoms with E-state index >= 15 is 0 Å². The van der Waals surface area contributed by atoms with Crippen molar-refractivity contribution in [2.75, 3.05) is 13.1 Å². The molecule has 0 unspecified atom stereocenters. The molecule has 3 rings (SSSR count). The molecule has 2 heterocycles. The molecule has 1 saturated heterocycles. The summed E-state index contributed by atoms with van der Waals surface area (Å²) < 4.78 is 1.84. The molecule has 1 fully saturated rings. The number of aryl methyl sites for hydroxylation is 1. The molecule has 2 N–H and O–H groups in total. The molecule has 2 aromatic rings. The predicted molar refractivity (Wildman–Crippen MR) is 87.9 cm³/mol. The Hall–Kier alpha value is -1.07. The third-order valence-corrected chi connectivity index (χ3v) is 4.37. The lowest BCUT2D eigenvalue weighted by Gasteiger charge is -2.16. The predicted octanol–water partition coefficient (Wildman–Crippen LogP) is 2.42. The van der Waals surface area contributed by atoms with Crippen LogP contribution in [0.2, 0.25) is 5.02 Å². The molecular weight excluding hydrogens is 307 g/mol. The Labute approximate surface area is 136 Å². The van der Waals surface area contributed by atoms with Gasteiger partial charge in [0.1, 0.15) is 0 Å². The van der Waals surface area contributed by atoms with Gasteiger partial charge in [-0.25, -0.2) is 0 Å². The number of aromatic nitrogens is 2. The minimum atomic E-state index is 0. The highest BCUT2D eigenvalue weighted by Gasteiger charge is 2.31. The molecule has 0 radical (unpaired) electrons. The van der Waals surface area contributed by atoms with Crippen LogP contribution in [0.25, 0.3) is 0 Å². The van der Waals surface area contributed by atoms with Gasteiger partial charge in [-0.15, -0.1) is 12.4 Å². The SMILES string of the molecule is Cl.Cn1ncc(Cl)c1CN1C[C@@H](N)[C@H](c2ccccc2)C1. The molecule has 1 aliphatic heterocycles. The molecule has 114 valence electrons. The summed E-state index contributed by atoms with van der Waals surface area (Å²) in [6, 6.07) is 10.7. The Balaban J connectivity index is 0.00000161. The van der Waals surface area contributed by atoms with Crippen LogP contribution < -0.4 is 5.73 Å². The Kier molecular flexibility index (Phi) is 5.27. The van der Waals surface area contributed by atoms with Crippen molar-refractivity contribution in [2.45, 2.75) is 18.5 Å². The zero-order valence-corrected chi connectivity index (χ0v) is 13.5. The first-order valence-electron chi connectivity index (χ1n) is 6.84. The second-order valence-corrected chi connectivity index (χ2v) is 5.85. The van der Waals surface area contributed by atoms with E-state index in [2.05, 4.69) is 34.3 Å². The van der Waals surface area contributed by atoms with Gasteiger partial charge in [0.15, 0.2) is 0 Å². The number of rotatable bonds is 3. The maximum absolute atomic E-state index is 6.31. The average molecular weight is 327 g/mol. The van der Waals surface area contributed by atoms with Gasteiger partial charge in [-0.05, 0) is 5.56 Å². The summed E-state index contributed by atoms with van der Waals surface area (Å²) in [6.07, 6.45) is 1.70. The summed E-state index contributed by atoms with van der Waals surface area (Å²) in [7, 11) is 1.92. The number of nitrogens with zero attached hydrogens (tertiary/aromatic N) is 3. The third-order valence-electron chi connectivity index (χ3n) is 4.05. The van der Waals surface area contributed by atoms with E-state index in [1.165, 1.54) is 5.56 Å². The summed E-state index contributed by atoms with van der Waals surface area (Å²) >= 11 is 6.17. The van der Waals surface area contributed by atoms with E-state index in [0.717, 1.165) is 30.4 Å². The van der Waals surface area contributed by atoms with Gasteiger partial charge in [0, 0.05) is 38.6 Å². The summed E-state index contributed by atoms with van der Waals surface area (Å²) in [5.41, 5.74) is 8.68. The first kappa shape index (κ1) is 16.3. The second-order valence-electron chi connectivity index (χ2n) is 5.44. The number of hydrogen-bond donors (Lipinski definition) is 1. The summed E-state index contributed by atoms with van der Waals surface area (Å²) in [6.45, 7) is 2.65. The fraction of sp³-hybridized carbons (Fsp3) is 0.400. The molecular formula is C15H20Cl2N4. The molecule has 0 aliphatic carbocycles. The minimum absolute atomic E-state index is 0. The van der Waals surface area contributed by atoms with E-state index in [1.54, 1.807) is 6.20 Å². The topological polar surface area (TPSA) is 47.1 Å². The maximum Gasteiger partial charge on any atom is 0.0831 e. The van der Waals surface area contributed by atoms with E-state index < -0.39 is 0 Å². The fourth-order valence-corrected chi connectivity index (χ4v) is 3.15. The summed E-state index contributed by atoms with van der Waals surface area (Å²) in [5.74, 6) is 0.392. The van der Waals surface area contributed by atoms with Crippen molar-refractivity contribution in [1.29, 1.82) is 0 Å². The van der Waals surface area contributed by atoms with Crippen LogP contribution in [0, 0.1) is 0 Å². The van der Waals surface area contributed by atoms with Crippen LogP contribution >= 0.6 is 24.0 Å². The van der Waals surface area contributed by atoms with Gasteiger partial charge in [-0.3, -0.25) is 9.58 Å². The van der Waals surface area contributed by atoms with Gasteiger partial charge < -0.3 is 5.73 Å². The van der Waals surface area contributed by atoms with Gasteiger partial charge in [-0.2, -0.15) is 5.10 Å². The summed E-state index contributed by atoms with van der Waals surface area (Å²) in [5, 5.41) is 4.91. The fourth-order valence-electron chi connectivity index (χ4n) is 2.92. The van der Waals surface area contributed by atoms with Crippen molar-refractivity contribution in [3.05, 3.63) is 52.8 Å². The molecule has 0 spiro atoms. The molecule has 1 aromatic heterocycles. The Morgan fingerprint density at radius 3 is 2.62 bits per heavy atom. The first-order valence-corrected chi connectivity index (χ1v) is 7.22. The van der Waals surface area contributed by atoms with Gasteiger partial charge in [-0.1, -0.05) is 41.9 Å². The largest absolute Gasteiger partial charge is 0.326 e. The van der Waals surface area contributed by atoms with Crippen molar-refractivity contribution in [3.8, 4) is 0 Å². The molecule has 4 nitrogen and oxygen atoms in total. The second kappa shape index (κ2) is 6.79. The van der Waals surface area contributed by atoms with Crippen LogP contribution in [0.4, 0.5) is 0 Å². The van der Waals surface area contributed by atoms with E-state index in [0.29, 0.717) is 5.92 Å². The van der Waals surface area contributed by atoms with Crippen molar-refractivity contribution in [1.82, 2.24) is 14.7 Å². The van der Waals surface area contributed by atoms with Crippen molar-refractivity contribution >= 4 is 24.0 Å². The first-order chi connectivity index (χ1) is 9.65. The molecule has 0 bridgehead atoms. The van der Waals surface area contributed by atoms with Gasteiger partial charge in [0.05, 0.1) is 16.9 Å². The minimum Gasteiger partial charge on any atom is -0.326 e. The zero-order valence-electron chi connectivity index (χ0n) is 11.9. The highest BCUT2D eigenvalue weighted by Crippen LogP contribution is 2.28. The molecule has 1 aliphatic rings. The molecule has 21 heavy (non-hydrogen) atoms. The summed E-state index contributed by atoms with van der Waals surface area (Å²) in [4.78, 5) is 2.35. The molecule has 0 saturated carbocycles. The van der Waals surface area contributed by atoms with Crippen molar-refractivity contribution < 1.29 is 0 Å². The van der Waals surface area contributed by atoms with Crippen LogP contribution in [0.1, 0.15) is 17.2 Å². The average Bonchev–Trinajstić information content (AvgIpc) is 2.97. The number of nitrogens with two attached hydrogens (primary N) is 1. The van der Waals surface area contributed by atoms with E-state index in [1.807, 2.05) is 17.8 Å². The number of likely N-dealkylation sites (tertiary alicyclic amines) is 1. The number of hydrogen-bond acceptors (Lipinski definition) is 3. The smallest absolute Gasteiger partial charge is 0.0831 e. The third kappa shape index (κ3) is 3.40. The van der Waals surface area contributed by atoms with Gasteiger partial charge >= 0.3 is 0 Å². The van der Waals surface area contributed by atoms with Crippen molar-refractivity contribution in [2.24, 2.45) is 12.8 Å². The van der Waals surface area contributed by atoms with Gasteiger partial charge in [0.25, 0.3) is 0 Å². The van der Waals surface area contributed by atoms with Crippen LogP contribution in [-0.2, 0) is 13.6 Å². The molecule has 6 heteroatoms. The van der Waals surface area contributed by atoms with Crippen LogP contribution in [0.15, 0.2) is 36.5 Å². The van der Waals surface area contributed by atoms with E-state index in [9.17, 15) is 0 Å². The molecule has 2 atom stereocenters. The quantitative estimate of drug-likeness (QED) is 0.942. The highest BCUT2D eigenvalue weighted by atomic mass is 35.5. The van der Waals surface area contributed by atoms with Crippen molar-refractivity contribution in [3.63, 3.8) is 0 Å². The highest BCUT2D eigenvalue weighted by molar-refractivity contribution is 6.31. The Bertz CT molecular complexity index is 565. The monoisotopic (exact) mass is 326 g/mol. The molecule has 0 amide bonds. The van der Waals surface area contributed by atoms with Crippen LogP contribution in [0.5, 0.6) is 0 Å². The van der Waals surface area contributed by atoms with Crippen LogP contribution in [0.3, 0.4) is 0 Å². The van der Waals surface area contributed by atoms with Gasteiger partial charge in [0.2, 0.25) is 0 Å². The Morgan fingerprint density at radius 1 is 1.29 bits per heavy atom. The van der Waals surface area contributed by atoms with E-state index in [-0.39, 0.29) is 18.4 Å². The maximum atomic E-state index is 6.31. The Morgan fingerprint density at radius 2 is 2.00 bits per heavy atom. The number of benzene rings is 1. The van der Waals surface area contributed by atoms with Crippen LogP contribution in [-0.4, -0.2) is 33.8 Å². The lowest BCUT2D eigenvalue weighted by Crippen LogP contribution is -2.29. The lowest BCUT2D eigenvalue weighted by atomic mass is 9.95.